The summed E-state index contributed by atoms with van der Waals surface area (Å²) in [7, 11) is -4.66. The average molecular weight is 423 g/mol. The largest absolute Gasteiger partial charge is 0.469 e. The van der Waals surface area contributed by atoms with Crippen LogP contribution < -0.4 is 5.32 Å². The number of phosphoric ester groups is 1. The minimum atomic E-state index is -4.66. The third-order valence-corrected chi connectivity index (χ3v) is 4.70. The summed E-state index contributed by atoms with van der Waals surface area (Å²) in [4.78, 5) is 41.2. The molecule has 0 aromatic carbocycles. The lowest BCUT2D eigenvalue weighted by atomic mass is 10.1. The van der Waals surface area contributed by atoms with E-state index in [4.69, 9.17) is 14.5 Å². The van der Waals surface area contributed by atoms with E-state index in [1.54, 1.807) is 0 Å². The first kappa shape index (κ1) is 27.0. The van der Waals surface area contributed by atoms with Crippen molar-refractivity contribution < 1.29 is 33.2 Å². The zero-order valence-corrected chi connectivity index (χ0v) is 18.3. The normalized spacial score (nSPS) is 12.6. The maximum absolute atomic E-state index is 12.1. The zero-order chi connectivity index (χ0) is 21.3. The third-order valence-electron chi connectivity index (χ3n) is 4.22. The highest BCUT2D eigenvalue weighted by Gasteiger charge is 2.21. The van der Waals surface area contributed by atoms with Crippen LogP contribution in [0, 0.1) is 0 Å². The van der Waals surface area contributed by atoms with Crippen LogP contribution in [-0.4, -0.2) is 40.9 Å². The summed E-state index contributed by atoms with van der Waals surface area (Å²) in [6.45, 7) is 3.43. The predicted octanol–water partition coefficient (Wildman–Crippen LogP) is 3.84. The molecule has 0 heterocycles. The Bertz CT molecular complexity index is 467. The fourth-order valence-electron chi connectivity index (χ4n) is 2.68. The monoisotopic (exact) mass is 423 g/mol. The van der Waals surface area contributed by atoms with Crippen molar-refractivity contribution in [3.05, 3.63) is 0 Å². The summed E-state index contributed by atoms with van der Waals surface area (Å²) in [5.41, 5.74) is 0. The van der Waals surface area contributed by atoms with Gasteiger partial charge in [-0.05, 0) is 12.8 Å². The minimum absolute atomic E-state index is 0.178. The molecular formula is C19H38NO7P. The highest BCUT2D eigenvalue weighted by Crippen LogP contribution is 2.35. The summed E-state index contributed by atoms with van der Waals surface area (Å²) < 4.78 is 20.3. The topological polar surface area (TPSA) is 122 Å². The van der Waals surface area contributed by atoms with Gasteiger partial charge in [-0.3, -0.25) is 14.1 Å². The number of ether oxygens (including phenoxy) is 1. The molecule has 166 valence electrons. The Morgan fingerprint density at radius 2 is 1.43 bits per heavy atom. The van der Waals surface area contributed by atoms with Crippen LogP contribution in [0.2, 0.25) is 0 Å². The van der Waals surface area contributed by atoms with E-state index in [2.05, 4.69) is 16.8 Å². The second-order valence-corrected chi connectivity index (χ2v) is 8.30. The molecule has 8 nitrogen and oxygen atoms in total. The number of hydrogen-bond acceptors (Lipinski definition) is 5. The van der Waals surface area contributed by atoms with E-state index in [0.29, 0.717) is 12.8 Å². The van der Waals surface area contributed by atoms with Crippen molar-refractivity contribution >= 4 is 19.7 Å². The Morgan fingerprint density at radius 3 is 1.96 bits per heavy atom. The second-order valence-electron chi connectivity index (χ2n) is 7.06. The number of rotatable bonds is 18. The van der Waals surface area contributed by atoms with Gasteiger partial charge in [0.1, 0.15) is 6.61 Å². The summed E-state index contributed by atoms with van der Waals surface area (Å²) >= 11 is 0. The molecule has 3 N–H and O–H groups in total. The lowest BCUT2D eigenvalue weighted by Gasteiger charge is -2.19. The maximum Gasteiger partial charge on any atom is 0.469 e. The van der Waals surface area contributed by atoms with Crippen molar-refractivity contribution in [3.63, 3.8) is 0 Å². The van der Waals surface area contributed by atoms with Gasteiger partial charge in [0.15, 0.2) is 0 Å². The molecule has 0 fully saturated rings. The van der Waals surface area contributed by atoms with Gasteiger partial charge in [-0.25, -0.2) is 4.57 Å². The van der Waals surface area contributed by atoms with Gasteiger partial charge in [0.05, 0.1) is 12.6 Å². The van der Waals surface area contributed by atoms with Crippen LogP contribution in [0.3, 0.4) is 0 Å². The van der Waals surface area contributed by atoms with Gasteiger partial charge in [-0.1, -0.05) is 65.2 Å². The fraction of sp³-hybridized carbons (Fsp3) is 0.895. The molecule has 0 radical (unpaired) electrons. The fourth-order valence-corrected chi connectivity index (χ4v) is 3.06. The third kappa shape index (κ3) is 18.4. The Kier molecular flexibility index (Phi) is 16.4. The summed E-state index contributed by atoms with van der Waals surface area (Å²) in [6, 6.07) is -0.792. The number of esters is 1. The van der Waals surface area contributed by atoms with Crippen molar-refractivity contribution in [2.45, 2.75) is 96.9 Å². The SMILES string of the molecule is CCCCCCCCCCCC(=O)N[C@H](COC(=O)CCC)COP(=O)(O)O. The van der Waals surface area contributed by atoms with E-state index >= 15 is 0 Å². The molecule has 0 spiro atoms. The van der Waals surface area contributed by atoms with Crippen LogP contribution in [0.5, 0.6) is 0 Å². The van der Waals surface area contributed by atoms with Gasteiger partial charge < -0.3 is 19.8 Å². The van der Waals surface area contributed by atoms with Crippen LogP contribution in [-0.2, 0) is 23.4 Å². The number of nitrogens with one attached hydrogen (secondary N) is 1. The predicted molar refractivity (Wildman–Crippen MR) is 108 cm³/mol. The number of amides is 1. The van der Waals surface area contributed by atoms with Gasteiger partial charge in [0.25, 0.3) is 0 Å². The first-order valence-corrected chi connectivity index (χ1v) is 12.0. The van der Waals surface area contributed by atoms with Crippen LogP contribution >= 0.6 is 7.82 Å². The number of hydrogen-bond donors (Lipinski definition) is 3. The highest BCUT2D eigenvalue weighted by molar-refractivity contribution is 7.46. The highest BCUT2D eigenvalue weighted by atomic mass is 31.2. The molecule has 28 heavy (non-hydrogen) atoms. The summed E-state index contributed by atoms with van der Waals surface area (Å²) in [5.74, 6) is -0.661. The van der Waals surface area contributed by atoms with E-state index in [0.717, 1.165) is 19.3 Å². The van der Waals surface area contributed by atoms with E-state index in [9.17, 15) is 14.2 Å². The number of phosphoric acid groups is 1. The molecule has 0 aliphatic heterocycles. The lowest BCUT2D eigenvalue weighted by molar-refractivity contribution is -0.145. The van der Waals surface area contributed by atoms with E-state index in [-0.39, 0.29) is 18.9 Å². The molecule has 0 aliphatic rings. The van der Waals surface area contributed by atoms with Gasteiger partial charge in [0.2, 0.25) is 5.91 Å². The Labute approximate surface area is 169 Å². The van der Waals surface area contributed by atoms with Crippen LogP contribution in [0.15, 0.2) is 0 Å². The van der Waals surface area contributed by atoms with Crippen molar-refractivity contribution in [2.75, 3.05) is 13.2 Å². The maximum atomic E-state index is 12.1. The molecular weight excluding hydrogens is 385 g/mol. The minimum Gasteiger partial charge on any atom is -0.463 e. The first-order chi connectivity index (χ1) is 13.3. The molecule has 9 heteroatoms. The number of carbonyl (C=O) groups excluding carboxylic acids is 2. The molecule has 0 bridgehead atoms. The van der Waals surface area contributed by atoms with Crippen molar-refractivity contribution in [1.82, 2.24) is 5.32 Å². The van der Waals surface area contributed by atoms with E-state index in [1.807, 2.05) is 6.92 Å². The van der Waals surface area contributed by atoms with Gasteiger partial charge in [-0.15, -0.1) is 0 Å². The standard InChI is InChI=1S/C19H38NO7P/c1-3-5-6-7-8-9-10-11-12-14-18(21)20-17(16-27-28(23,24)25)15-26-19(22)13-4-2/h17H,3-16H2,1-2H3,(H,20,21)(H2,23,24,25)/t17-/m1/s1. The van der Waals surface area contributed by atoms with Crippen molar-refractivity contribution in [2.24, 2.45) is 0 Å². The Morgan fingerprint density at radius 1 is 0.857 bits per heavy atom. The molecule has 1 amide bonds. The van der Waals surface area contributed by atoms with Crippen LogP contribution in [0.1, 0.15) is 90.9 Å². The smallest absolute Gasteiger partial charge is 0.463 e. The molecule has 0 saturated carbocycles. The Balaban J connectivity index is 4.07. The molecule has 0 rings (SSSR count). The summed E-state index contributed by atoms with van der Waals surface area (Å²) in [5, 5.41) is 2.63. The van der Waals surface area contributed by atoms with Crippen LogP contribution in [0.25, 0.3) is 0 Å². The summed E-state index contributed by atoms with van der Waals surface area (Å²) in [6.07, 6.45) is 11.5. The van der Waals surface area contributed by atoms with Gasteiger partial charge in [0, 0.05) is 12.8 Å². The Hall–Kier alpha value is -0.950. The average Bonchev–Trinajstić information content (AvgIpc) is 2.62. The second kappa shape index (κ2) is 17.0. The van der Waals surface area contributed by atoms with E-state index in [1.165, 1.54) is 38.5 Å². The lowest BCUT2D eigenvalue weighted by Crippen LogP contribution is -2.41. The van der Waals surface area contributed by atoms with Crippen LogP contribution in [0.4, 0.5) is 0 Å². The van der Waals surface area contributed by atoms with Crippen molar-refractivity contribution in [1.29, 1.82) is 0 Å². The quantitative estimate of drug-likeness (QED) is 0.174. The van der Waals surface area contributed by atoms with Gasteiger partial charge in [-0.2, -0.15) is 0 Å². The molecule has 0 aromatic heterocycles. The number of unbranched alkanes of at least 4 members (excludes halogenated alkanes) is 8. The van der Waals surface area contributed by atoms with Gasteiger partial charge >= 0.3 is 13.8 Å². The molecule has 1 atom stereocenters. The number of carbonyl (C=O) groups is 2. The molecule has 0 aromatic rings. The molecule has 0 saturated heterocycles. The molecule has 0 unspecified atom stereocenters. The van der Waals surface area contributed by atoms with Crippen molar-refractivity contribution in [3.8, 4) is 0 Å². The zero-order valence-electron chi connectivity index (χ0n) is 17.4. The molecule has 0 aliphatic carbocycles. The van der Waals surface area contributed by atoms with E-state index < -0.39 is 26.4 Å². The first-order valence-electron chi connectivity index (χ1n) is 10.4.